The van der Waals surface area contributed by atoms with Crippen LogP contribution in [0.5, 0.6) is 0 Å². The van der Waals surface area contributed by atoms with Crippen molar-refractivity contribution in [1.82, 2.24) is 4.90 Å². The van der Waals surface area contributed by atoms with Gasteiger partial charge in [0, 0.05) is 25.6 Å². The molecule has 1 aliphatic heterocycles. The van der Waals surface area contributed by atoms with E-state index in [0.717, 1.165) is 19.7 Å². The number of fused-ring (bicyclic) bond motifs is 1. The van der Waals surface area contributed by atoms with Crippen molar-refractivity contribution in [1.29, 1.82) is 0 Å². The zero-order chi connectivity index (χ0) is 10.9. The quantitative estimate of drug-likeness (QED) is 0.689. The summed E-state index contributed by atoms with van der Waals surface area (Å²) in [4.78, 5) is 13.5. The molecule has 2 fully saturated rings. The number of methoxy groups -OCH3 is 1. The summed E-state index contributed by atoms with van der Waals surface area (Å²) in [5, 5.41) is 0. The van der Waals surface area contributed by atoms with E-state index >= 15 is 0 Å². The monoisotopic (exact) mass is 231 g/mol. The Bertz CT molecular complexity index is 259. The molecule has 0 N–H and O–H groups in total. The van der Waals surface area contributed by atoms with Crippen LogP contribution < -0.4 is 0 Å². The van der Waals surface area contributed by atoms with E-state index < -0.39 is 0 Å². The minimum Gasteiger partial charge on any atom is -0.384 e. The van der Waals surface area contributed by atoms with Gasteiger partial charge in [0.05, 0.1) is 6.61 Å². The molecular weight excluding hydrogens is 214 g/mol. The van der Waals surface area contributed by atoms with Gasteiger partial charge in [0.1, 0.15) is 5.88 Å². The highest BCUT2D eigenvalue weighted by Gasteiger charge is 2.50. The van der Waals surface area contributed by atoms with Gasteiger partial charge >= 0.3 is 0 Å². The maximum Gasteiger partial charge on any atom is 0.237 e. The second-order valence-electron chi connectivity index (χ2n) is 4.79. The van der Waals surface area contributed by atoms with Crippen LogP contribution in [0.4, 0.5) is 0 Å². The highest BCUT2D eigenvalue weighted by molar-refractivity contribution is 6.27. The van der Waals surface area contributed by atoms with Crippen LogP contribution in [0, 0.1) is 11.3 Å². The van der Waals surface area contributed by atoms with Crippen molar-refractivity contribution in [3.63, 3.8) is 0 Å². The number of ether oxygens (including phenoxy) is 1. The Hall–Kier alpha value is -0.280. The lowest BCUT2D eigenvalue weighted by Gasteiger charge is -2.27. The molecular formula is C11H18ClNO2. The predicted molar refractivity (Wildman–Crippen MR) is 59.0 cm³/mol. The lowest BCUT2D eigenvalue weighted by atomic mass is 9.82. The number of halogens is 1. The highest BCUT2D eigenvalue weighted by Crippen LogP contribution is 2.48. The van der Waals surface area contributed by atoms with Crippen LogP contribution in [0.15, 0.2) is 0 Å². The lowest BCUT2D eigenvalue weighted by molar-refractivity contribution is -0.128. The first-order chi connectivity index (χ1) is 7.22. The molecule has 1 amide bonds. The van der Waals surface area contributed by atoms with E-state index in [9.17, 15) is 4.79 Å². The van der Waals surface area contributed by atoms with Crippen molar-refractivity contribution in [2.24, 2.45) is 11.3 Å². The molecule has 1 aliphatic carbocycles. The topological polar surface area (TPSA) is 29.5 Å². The van der Waals surface area contributed by atoms with Crippen molar-refractivity contribution in [3.05, 3.63) is 0 Å². The van der Waals surface area contributed by atoms with E-state index in [0.29, 0.717) is 5.92 Å². The van der Waals surface area contributed by atoms with Crippen LogP contribution in [-0.4, -0.2) is 43.5 Å². The molecule has 0 aromatic rings. The third kappa shape index (κ3) is 1.87. The van der Waals surface area contributed by atoms with E-state index in [4.69, 9.17) is 16.3 Å². The predicted octanol–water partition coefficient (Wildman–Crippen LogP) is 1.50. The van der Waals surface area contributed by atoms with Crippen LogP contribution >= 0.6 is 11.6 Å². The summed E-state index contributed by atoms with van der Waals surface area (Å²) in [5.41, 5.74) is 0.233. The molecule has 0 unspecified atom stereocenters. The average molecular weight is 232 g/mol. The summed E-state index contributed by atoms with van der Waals surface area (Å²) in [6.07, 6.45) is 3.70. The van der Waals surface area contributed by atoms with Crippen molar-refractivity contribution >= 4 is 17.5 Å². The first kappa shape index (κ1) is 11.2. The number of likely N-dealkylation sites (tertiary alicyclic amines) is 1. The smallest absolute Gasteiger partial charge is 0.237 e. The Balaban J connectivity index is 2.07. The standard InChI is InChI=1S/C11H18ClNO2/c1-15-8-11-4-2-3-9(11)6-13(7-11)10(14)5-12/h9H,2-8H2,1H3/t9-,11+/m0/s1. The molecule has 0 bridgehead atoms. The Labute approximate surface area is 95.7 Å². The van der Waals surface area contributed by atoms with Gasteiger partial charge in [-0.05, 0) is 18.8 Å². The van der Waals surface area contributed by atoms with Gasteiger partial charge < -0.3 is 9.64 Å². The fourth-order valence-corrected chi connectivity index (χ4v) is 3.38. The van der Waals surface area contributed by atoms with Gasteiger partial charge in [0.25, 0.3) is 0 Å². The number of carbonyl (C=O) groups excluding carboxylic acids is 1. The average Bonchev–Trinajstić information content (AvgIpc) is 2.73. The highest BCUT2D eigenvalue weighted by atomic mass is 35.5. The summed E-state index contributed by atoms with van der Waals surface area (Å²) in [6, 6.07) is 0. The second kappa shape index (κ2) is 4.30. The van der Waals surface area contributed by atoms with Gasteiger partial charge in [0.15, 0.2) is 0 Å². The number of alkyl halides is 1. The zero-order valence-corrected chi connectivity index (χ0v) is 9.92. The van der Waals surface area contributed by atoms with Crippen LogP contribution in [-0.2, 0) is 9.53 Å². The number of hydrogen-bond acceptors (Lipinski definition) is 2. The van der Waals surface area contributed by atoms with E-state index in [-0.39, 0.29) is 17.2 Å². The molecule has 0 spiro atoms. The summed E-state index contributed by atoms with van der Waals surface area (Å²) in [6.45, 7) is 2.51. The first-order valence-corrected chi connectivity index (χ1v) is 6.08. The Morgan fingerprint density at radius 3 is 3.13 bits per heavy atom. The van der Waals surface area contributed by atoms with E-state index in [1.165, 1.54) is 19.3 Å². The first-order valence-electron chi connectivity index (χ1n) is 5.54. The van der Waals surface area contributed by atoms with Gasteiger partial charge in [-0.15, -0.1) is 11.6 Å². The Morgan fingerprint density at radius 2 is 2.47 bits per heavy atom. The van der Waals surface area contributed by atoms with Crippen LogP contribution in [0.25, 0.3) is 0 Å². The fraction of sp³-hybridized carbons (Fsp3) is 0.909. The van der Waals surface area contributed by atoms with Gasteiger partial charge in [-0.2, -0.15) is 0 Å². The summed E-state index contributed by atoms with van der Waals surface area (Å²) in [5.74, 6) is 0.807. The van der Waals surface area contributed by atoms with Crippen LogP contribution in [0.2, 0.25) is 0 Å². The third-order valence-corrected chi connectivity index (χ3v) is 4.17. The zero-order valence-electron chi connectivity index (χ0n) is 9.17. The minimum atomic E-state index is 0.0709. The molecule has 3 nitrogen and oxygen atoms in total. The molecule has 0 aromatic carbocycles. The van der Waals surface area contributed by atoms with Crippen molar-refractivity contribution < 1.29 is 9.53 Å². The largest absolute Gasteiger partial charge is 0.384 e. The van der Waals surface area contributed by atoms with Gasteiger partial charge in [-0.25, -0.2) is 0 Å². The van der Waals surface area contributed by atoms with E-state index in [2.05, 4.69) is 0 Å². The molecule has 0 aromatic heterocycles. The van der Waals surface area contributed by atoms with Gasteiger partial charge in [0.2, 0.25) is 5.91 Å². The normalized spacial score (nSPS) is 34.5. The second-order valence-corrected chi connectivity index (χ2v) is 5.06. The lowest BCUT2D eigenvalue weighted by Crippen LogP contribution is -2.35. The summed E-state index contributed by atoms with van der Waals surface area (Å²) >= 11 is 5.59. The SMILES string of the molecule is COC[C@]12CCC[C@H]1CN(C(=O)CCl)C2. The van der Waals surface area contributed by atoms with Crippen molar-refractivity contribution in [3.8, 4) is 0 Å². The third-order valence-electron chi connectivity index (χ3n) is 3.94. The van der Waals surface area contributed by atoms with Crippen LogP contribution in [0.3, 0.4) is 0 Å². The van der Waals surface area contributed by atoms with Crippen molar-refractivity contribution in [2.45, 2.75) is 19.3 Å². The molecule has 0 radical (unpaired) electrons. The van der Waals surface area contributed by atoms with Gasteiger partial charge in [-0.3, -0.25) is 4.79 Å². The Kier molecular flexibility index (Phi) is 3.21. The maximum absolute atomic E-state index is 11.5. The number of hydrogen-bond donors (Lipinski definition) is 0. The van der Waals surface area contributed by atoms with Gasteiger partial charge in [-0.1, -0.05) is 6.42 Å². The van der Waals surface area contributed by atoms with E-state index in [1.54, 1.807) is 7.11 Å². The molecule has 15 heavy (non-hydrogen) atoms. The molecule has 2 atom stereocenters. The molecule has 4 heteroatoms. The summed E-state index contributed by atoms with van der Waals surface area (Å²) in [7, 11) is 1.75. The molecule has 1 heterocycles. The van der Waals surface area contributed by atoms with Crippen molar-refractivity contribution in [2.75, 3.05) is 32.7 Å². The minimum absolute atomic E-state index is 0.0709. The van der Waals surface area contributed by atoms with Crippen LogP contribution in [0.1, 0.15) is 19.3 Å². The molecule has 2 rings (SSSR count). The number of nitrogens with zero attached hydrogens (tertiary/aromatic N) is 1. The summed E-state index contributed by atoms with van der Waals surface area (Å²) < 4.78 is 5.32. The maximum atomic E-state index is 11.5. The number of rotatable bonds is 3. The molecule has 2 aliphatic rings. The molecule has 1 saturated carbocycles. The van der Waals surface area contributed by atoms with E-state index in [1.807, 2.05) is 4.90 Å². The Morgan fingerprint density at radius 1 is 1.67 bits per heavy atom. The molecule has 86 valence electrons. The fourth-order valence-electron chi connectivity index (χ4n) is 3.21. The number of amides is 1. The molecule has 1 saturated heterocycles. The number of carbonyl (C=O) groups is 1.